The molecule has 3 aliphatic rings. The molecular weight excluding hydrogens is 610 g/mol. The van der Waals surface area contributed by atoms with Crippen molar-refractivity contribution in [2.45, 2.75) is 86.8 Å². The SMILES string of the molecule is O=C1CCN([C@@H]2OC(CNC(=O)[C@H](CCc3c[nH]c4ccccc34)NC(=O)C[C@H]3O[C@H](CO)[C@H](O)[C@H](O)[C@H]3O)[C@@H](O)[C@H]2O)C(=O)N1. The topological polar surface area (TPSA) is 263 Å². The van der Waals surface area contributed by atoms with Gasteiger partial charge >= 0.3 is 6.03 Å². The average Bonchev–Trinajstić information content (AvgIpc) is 3.58. The summed E-state index contributed by atoms with van der Waals surface area (Å²) in [5, 5.41) is 69.4. The molecular formula is C29H39N5O12. The number of imide groups is 1. The van der Waals surface area contributed by atoms with Crippen LogP contribution >= 0.6 is 0 Å². The van der Waals surface area contributed by atoms with E-state index in [-0.39, 0.29) is 25.9 Å². The number of amides is 5. The summed E-state index contributed by atoms with van der Waals surface area (Å²) in [7, 11) is 0. The number of nitrogens with zero attached hydrogens (tertiary/aromatic N) is 1. The molecule has 0 bridgehead atoms. The van der Waals surface area contributed by atoms with Crippen molar-refractivity contribution >= 4 is 34.7 Å². The van der Waals surface area contributed by atoms with Crippen LogP contribution in [-0.2, 0) is 30.3 Å². The van der Waals surface area contributed by atoms with E-state index < -0.39 is 97.9 Å². The number of carbonyl (C=O) groups excluding carboxylic acids is 4. The van der Waals surface area contributed by atoms with Crippen molar-refractivity contribution in [2.24, 2.45) is 0 Å². The fraction of sp³-hybridized carbons (Fsp3) is 0.586. The molecule has 0 saturated carbocycles. The van der Waals surface area contributed by atoms with Gasteiger partial charge in [-0.1, -0.05) is 18.2 Å². The first-order chi connectivity index (χ1) is 22.0. The largest absolute Gasteiger partial charge is 0.394 e. The lowest BCUT2D eigenvalue weighted by molar-refractivity contribution is -0.229. The molecule has 17 heteroatoms. The van der Waals surface area contributed by atoms with Gasteiger partial charge < -0.3 is 55.7 Å². The van der Waals surface area contributed by atoms with Gasteiger partial charge in [0, 0.05) is 36.6 Å². The third-order valence-electron chi connectivity index (χ3n) is 8.62. The van der Waals surface area contributed by atoms with Crippen LogP contribution < -0.4 is 16.0 Å². The highest BCUT2D eigenvalue weighted by Gasteiger charge is 2.48. The second-order valence-corrected chi connectivity index (χ2v) is 11.7. The van der Waals surface area contributed by atoms with E-state index in [1.807, 2.05) is 24.3 Å². The number of aromatic amines is 1. The number of nitrogens with one attached hydrogen (secondary N) is 4. The number of hydrogen-bond donors (Lipinski definition) is 10. The minimum Gasteiger partial charge on any atom is -0.394 e. The summed E-state index contributed by atoms with van der Waals surface area (Å²) >= 11 is 0. The Kier molecular flexibility index (Phi) is 10.5. The van der Waals surface area contributed by atoms with Gasteiger partial charge in [-0.3, -0.25) is 24.6 Å². The number of H-pyrrole nitrogens is 1. The number of aliphatic hydroxyl groups excluding tert-OH is 6. The number of aliphatic hydroxyl groups is 6. The molecule has 4 heterocycles. The summed E-state index contributed by atoms with van der Waals surface area (Å²) in [4.78, 5) is 54.5. The zero-order valence-electron chi connectivity index (χ0n) is 24.7. The van der Waals surface area contributed by atoms with Gasteiger partial charge in [0.05, 0.1) is 19.1 Å². The number of rotatable bonds is 11. The van der Waals surface area contributed by atoms with Crippen LogP contribution in [0.15, 0.2) is 30.5 Å². The molecule has 0 radical (unpaired) electrons. The van der Waals surface area contributed by atoms with Crippen molar-refractivity contribution in [1.29, 1.82) is 0 Å². The lowest BCUT2D eigenvalue weighted by atomic mass is 9.93. The first kappa shape index (κ1) is 33.7. The van der Waals surface area contributed by atoms with Crippen LogP contribution in [0.4, 0.5) is 4.79 Å². The number of carbonyl (C=O) groups is 4. The van der Waals surface area contributed by atoms with Crippen LogP contribution in [0.2, 0.25) is 0 Å². The second kappa shape index (κ2) is 14.4. The summed E-state index contributed by atoms with van der Waals surface area (Å²) in [6.07, 6.45) is -11.0. The molecule has 5 rings (SSSR count). The van der Waals surface area contributed by atoms with E-state index in [0.29, 0.717) is 6.42 Å². The number of fused-ring (bicyclic) bond motifs is 1. The number of aryl methyl sites for hydroxylation is 1. The fourth-order valence-electron chi connectivity index (χ4n) is 5.99. The minimum absolute atomic E-state index is 0.0171. The standard InChI is InChI=1S/C29H39N5O12/c35-12-19-24(40)25(41)22(38)17(45-19)9-21(37)32-16(6-5-13-10-30-15-4-2-1-3-14(13)15)27(43)31-11-18-23(39)26(42)28(46-18)34-8-7-20(36)33-29(34)44/h1-4,10,16-19,22-26,28,30,35,38-42H,5-9,11-12H2,(H,31,43)(H,32,37)(H,33,36,44)/t16-,17+,18?,19+,22-,23+,24-,25+,26+,28+/m0/s1. The zero-order valence-corrected chi connectivity index (χ0v) is 24.7. The lowest BCUT2D eigenvalue weighted by Crippen LogP contribution is -2.59. The van der Waals surface area contributed by atoms with Crippen molar-refractivity contribution < 1.29 is 59.3 Å². The quantitative estimate of drug-likeness (QED) is 0.113. The van der Waals surface area contributed by atoms with Gasteiger partial charge in [-0.05, 0) is 24.5 Å². The van der Waals surface area contributed by atoms with Gasteiger partial charge in [0.1, 0.15) is 48.8 Å². The van der Waals surface area contributed by atoms with Crippen molar-refractivity contribution in [1.82, 2.24) is 25.8 Å². The van der Waals surface area contributed by atoms with Crippen LogP contribution in [0.5, 0.6) is 0 Å². The Bertz CT molecular complexity index is 1420. The summed E-state index contributed by atoms with van der Waals surface area (Å²) in [5.74, 6) is -1.86. The molecule has 3 aliphatic heterocycles. The minimum atomic E-state index is -1.67. The van der Waals surface area contributed by atoms with E-state index in [4.69, 9.17) is 9.47 Å². The molecule has 10 atom stereocenters. The third kappa shape index (κ3) is 7.16. The molecule has 3 fully saturated rings. The molecule has 2 aromatic rings. The van der Waals surface area contributed by atoms with E-state index in [2.05, 4.69) is 20.9 Å². The Balaban J connectivity index is 1.24. The van der Waals surface area contributed by atoms with Gasteiger partial charge in [-0.25, -0.2) is 4.79 Å². The summed E-state index contributed by atoms with van der Waals surface area (Å²) in [5.41, 5.74) is 1.77. The van der Waals surface area contributed by atoms with Gasteiger partial charge in [-0.15, -0.1) is 0 Å². The second-order valence-electron chi connectivity index (χ2n) is 11.7. The molecule has 3 saturated heterocycles. The number of benzene rings is 1. The molecule has 1 aromatic carbocycles. The molecule has 10 N–H and O–H groups in total. The van der Waals surface area contributed by atoms with Crippen LogP contribution in [0, 0.1) is 0 Å². The Morgan fingerprint density at radius 2 is 1.67 bits per heavy atom. The molecule has 1 unspecified atom stereocenters. The maximum atomic E-state index is 13.4. The zero-order chi connectivity index (χ0) is 33.1. The van der Waals surface area contributed by atoms with Gasteiger partial charge in [0.2, 0.25) is 17.7 Å². The van der Waals surface area contributed by atoms with Crippen molar-refractivity contribution in [3.05, 3.63) is 36.0 Å². The van der Waals surface area contributed by atoms with Gasteiger partial charge in [-0.2, -0.15) is 0 Å². The fourth-order valence-corrected chi connectivity index (χ4v) is 5.99. The number of aromatic nitrogens is 1. The first-order valence-corrected chi connectivity index (χ1v) is 15.0. The Hall–Kier alpha value is -3.68. The highest BCUT2D eigenvalue weighted by atomic mass is 16.6. The van der Waals surface area contributed by atoms with E-state index in [1.54, 1.807) is 6.20 Å². The van der Waals surface area contributed by atoms with E-state index in [1.165, 1.54) is 0 Å². The normalized spacial score (nSPS) is 32.3. The summed E-state index contributed by atoms with van der Waals surface area (Å²) in [6.45, 7) is -0.993. The Labute approximate surface area is 262 Å². The van der Waals surface area contributed by atoms with E-state index in [9.17, 15) is 49.8 Å². The van der Waals surface area contributed by atoms with Crippen LogP contribution in [0.25, 0.3) is 10.9 Å². The highest BCUT2D eigenvalue weighted by Crippen LogP contribution is 2.26. The maximum absolute atomic E-state index is 13.4. The number of urea groups is 1. The molecule has 1 aromatic heterocycles. The molecule has 0 aliphatic carbocycles. The molecule has 17 nitrogen and oxygen atoms in total. The van der Waals surface area contributed by atoms with Gasteiger partial charge in [0.25, 0.3) is 0 Å². The van der Waals surface area contributed by atoms with Crippen LogP contribution in [0.3, 0.4) is 0 Å². The number of ether oxygens (including phenoxy) is 2. The lowest BCUT2D eigenvalue weighted by Gasteiger charge is -2.39. The predicted molar refractivity (Wildman–Crippen MR) is 155 cm³/mol. The third-order valence-corrected chi connectivity index (χ3v) is 8.62. The summed E-state index contributed by atoms with van der Waals surface area (Å²) < 4.78 is 11.1. The Morgan fingerprint density at radius 3 is 2.41 bits per heavy atom. The first-order valence-electron chi connectivity index (χ1n) is 15.0. The van der Waals surface area contributed by atoms with Crippen molar-refractivity contribution in [3.8, 4) is 0 Å². The van der Waals surface area contributed by atoms with E-state index >= 15 is 0 Å². The van der Waals surface area contributed by atoms with Crippen molar-refractivity contribution in [3.63, 3.8) is 0 Å². The van der Waals surface area contributed by atoms with Crippen molar-refractivity contribution in [2.75, 3.05) is 19.7 Å². The predicted octanol–water partition coefficient (Wildman–Crippen LogP) is -3.68. The number of hydrogen-bond acceptors (Lipinski definition) is 12. The van der Waals surface area contributed by atoms with E-state index in [0.717, 1.165) is 21.4 Å². The highest BCUT2D eigenvalue weighted by molar-refractivity contribution is 5.96. The smallest absolute Gasteiger partial charge is 0.326 e. The maximum Gasteiger partial charge on any atom is 0.326 e. The van der Waals surface area contributed by atoms with Crippen LogP contribution in [-0.4, -0.2) is 145 Å². The molecule has 5 amide bonds. The molecule has 252 valence electrons. The summed E-state index contributed by atoms with van der Waals surface area (Å²) in [6, 6.07) is 5.63. The Morgan fingerprint density at radius 1 is 0.957 bits per heavy atom. The monoisotopic (exact) mass is 649 g/mol. The molecule has 46 heavy (non-hydrogen) atoms. The number of para-hydroxylation sites is 1. The van der Waals surface area contributed by atoms with Crippen LogP contribution in [0.1, 0.15) is 24.8 Å². The molecule has 0 spiro atoms. The van der Waals surface area contributed by atoms with Gasteiger partial charge in [0.15, 0.2) is 6.23 Å². The average molecular weight is 650 g/mol.